The van der Waals surface area contributed by atoms with Crippen molar-refractivity contribution in [3.05, 3.63) is 17.3 Å². The Morgan fingerprint density at radius 1 is 1.55 bits per heavy atom. The van der Waals surface area contributed by atoms with Crippen molar-refractivity contribution < 1.29 is 9.18 Å². The van der Waals surface area contributed by atoms with Crippen molar-refractivity contribution in [2.45, 2.75) is 38.1 Å². The smallest absolute Gasteiger partial charge is 0.224 e. The third-order valence-corrected chi connectivity index (χ3v) is 4.37. The largest absolute Gasteiger partial charge is 0.365 e. The lowest BCUT2D eigenvalue weighted by Gasteiger charge is -2.37. The van der Waals surface area contributed by atoms with Gasteiger partial charge in [0.05, 0.1) is 6.20 Å². The molecule has 1 aliphatic heterocycles. The van der Waals surface area contributed by atoms with E-state index in [9.17, 15) is 9.18 Å². The summed E-state index contributed by atoms with van der Waals surface area (Å²) in [6.07, 6.45) is 5.48. The molecule has 1 aromatic heterocycles. The van der Waals surface area contributed by atoms with Crippen LogP contribution in [-0.4, -0.2) is 28.5 Å². The number of aromatic nitrogens is 2. The Balaban J connectivity index is 1.71. The van der Waals surface area contributed by atoms with E-state index in [0.717, 1.165) is 38.4 Å². The van der Waals surface area contributed by atoms with E-state index in [2.05, 4.69) is 20.6 Å². The highest BCUT2D eigenvalue weighted by Crippen LogP contribution is 2.42. The molecule has 2 unspecified atom stereocenters. The summed E-state index contributed by atoms with van der Waals surface area (Å²) in [7, 11) is 0. The molecule has 1 amide bonds. The van der Waals surface area contributed by atoms with Crippen LogP contribution in [0.1, 0.15) is 32.1 Å². The van der Waals surface area contributed by atoms with E-state index < -0.39 is 5.82 Å². The van der Waals surface area contributed by atoms with Crippen LogP contribution < -0.4 is 10.6 Å². The van der Waals surface area contributed by atoms with Crippen LogP contribution in [0.15, 0.2) is 6.20 Å². The van der Waals surface area contributed by atoms with Gasteiger partial charge in [0, 0.05) is 19.0 Å². The van der Waals surface area contributed by atoms with E-state index in [4.69, 9.17) is 11.6 Å². The van der Waals surface area contributed by atoms with E-state index in [1.165, 1.54) is 0 Å². The van der Waals surface area contributed by atoms with Gasteiger partial charge in [-0.1, -0.05) is 6.42 Å². The third kappa shape index (κ3) is 2.70. The molecule has 1 saturated heterocycles. The quantitative estimate of drug-likeness (QED) is 0.821. The van der Waals surface area contributed by atoms with Crippen molar-refractivity contribution >= 4 is 23.3 Å². The molecule has 2 aliphatic rings. The minimum Gasteiger partial charge on any atom is -0.365 e. The molecule has 0 radical (unpaired) electrons. The lowest BCUT2D eigenvalue weighted by atomic mass is 9.71. The van der Waals surface area contributed by atoms with Crippen molar-refractivity contribution in [1.29, 1.82) is 0 Å². The van der Waals surface area contributed by atoms with E-state index in [-0.39, 0.29) is 28.5 Å². The van der Waals surface area contributed by atoms with Crippen LogP contribution in [0.3, 0.4) is 0 Å². The summed E-state index contributed by atoms with van der Waals surface area (Å²) in [5.41, 5.74) is 0.0142. The highest BCUT2D eigenvalue weighted by atomic mass is 35.5. The Morgan fingerprint density at radius 2 is 2.40 bits per heavy atom. The number of rotatable bonds is 2. The summed E-state index contributed by atoms with van der Waals surface area (Å²) in [6, 6.07) is 0.108. The number of anilines is 1. The van der Waals surface area contributed by atoms with Crippen LogP contribution in [0.25, 0.3) is 0 Å². The normalized spacial score (nSPS) is 29.5. The molecular formula is C13H16ClFN4O. The van der Waals surface area contributed by atoms with E-state index in [1.54, 1.807) is 0 Å². The van der Waals surface area contributed by atoms with E-state index in [1.807, 2.05) is 0 Å². The molecule has 2 N–H and O–H groups in total. The van der Waals surface area contributed by atoms with Gasteiger partial charge >= 0.3 is 0 Å². The van der Waals surface area contributed by atoms with Gasteiger partial charge in [0.25, 0.3) is 0 Å². The number of carbonyl (C=O) groups is 1. The molecule has 0 bridgehead atoms. The first-order valence-corrected chi connectivity index (χ1v) is 7.15. The number of nitrogens with one attached hydrogen (secondary N) is 2. The van der Waals surface area contributed by atoms with Gasteiger partial charge < -0.3 is 10.6 Å². The molecule has 3 rings (SSSR count). The lowest BCUT2D eigenvalue weighted by Crippen LogP contribution is -2.37. The highest BCUT2D eigenvalue weighted by Gasteiger charge is 2.42. The molecular weight excluding hydrogens is 283 g/mol. The zero-order chi connectivity index (χ0) is 14.2. The molecule has 108 valence electrons. The van der Waals surface area contributed by atoms with Crippen LogP contribution in [0.5, 0.6) is 0 Å². The molecule has 1 spiro atoms. The van der Waals surface area contributed by atoms with Gasteiger partial charge in [-0.15, -0.1) is 0 Å². The average Bonchev–Trinajstić information content (AvgIpc) is 2.75. The number of carbonyl (C=O) groups excluding carboxylic acids is 1. The van der Waals surface area contributed by atoms with Gasteiger partial charge in [0.2, 0.25) is 11.2 Å². The van der Waals surface area contributed by atoms with Gasteiger partial charge in [0.1, 0.15) is 0 Å². The second-order valence-corrected chi connectivity index (χ2v) is 6.06. The van der Waals surface area contributed by atoms with Crippen LogP contribution in [0.2, 0.25) is 5.28 Å². The Kier molecular flexibility index (Phi) is 3.50. The fraction of sp³-hybridized carbons (Fsp3) is 0.615. The number of halogens is 2. The molecule has 0 aromatic carbocycles. The summed E-state index contributed by atoms with van der Waals surface area (Å²) in [6.45, 7) is 0.719. The maximum Gasteiger partial charge on any atom is 0.224 e. The molecule has 2 heterocycles. The van der Waals surface area contributed by atoms with Gasteiger partial charge in [-0.05, 0) is 36.3 Å². The van der Waals surface area contributed by atoms with Gasteiger partial charge in [-0.2, -0.15) is 4.98 Å². The van der Waals surface area contributed by atoms with Crippen molar-refractivity contribution in [2.75, 3.05) is 11.9 Å². The molecule has 1 aliphatic carbocycles. The summed E-state index contributed by atoms with van der Waals surface area (Å²) in [5.74, 6) is -0.249. The standard InChI is InChI=1S/C13H16ClFN4O/c14-12-16-6-9(15)11(19-12)18-8-2-1-3-13(4-8)5-10(20)17-7-13/h6,8H,1-5,7H2,(H,17,20)(H,16,18,19). The summed E-state index contributed by atoms with van der Waals surface area (Å²) >= 11 is 5.69. The molecule has 1 saturated carbocycles. The first-order valence-electron chi connectivity index (χ1n) is 6.78. The Labute approximate surface area is 121 Å². The lowest BCUT2D eigenvalue weighted by molar-refractivity contribution is -0.119. The summed E-state index contributed by atoms with van der Waals surface area (Å²) in [5, 5.41) is 6.03. The third-order valence-electron chi connectivity index (χ3n) is 4.19. The molecule has 1 aromatic rings. The summed E-state index contributed by atoms with van der Waals surface area (Å²) < 4.78 is 13.6. The van der Waals surface area contributed by atoms with E-state index in [0.29, 0.717) is 6.42 Å². The van der Waals surface area contributed by atoms with Crippen molar-refractivity contribution in [3.63, 3.8) is 0 Å². The van der Waals surface area contributed by atoms with E-state index >= 15 is 0 Å². The Bertz CT molecular complexity index is 541. The van der Waals surface area contributed by atoms with Crippen molar-refractivity contribution in [2.24, 2.45) is 5.41 Å². The highest BCUT2D eigenvalue weighted by molar-refractivity contribution is 6.28. The topological polar surface area (TPSA) is 66.9 Å². The first-order chi connectivity index (χ1) is 9.56. The fourth-order valence-corrected chi connectivity index (χ4v) is 3.42. The Hall–Kier alpha value is -1.43. The zero-order valence-corrected chi connectivity index (χ0v) is 11.7. The van der Waals surface area contributed by atoms with Gasteiger partial charge in [-0.25, -0.2) is 9.37 Å². The van der Waals surface area contributed by atoms with Gasteiger partial charge in [-0.3, -0.25) is 4.79 Å². The van der Waals surface area contributed by atoms with Crippen LogP contribution in [-0.2, 0) is 4.79 Å². The van der Waals surface area contributed by atoms with Gasteiger partial charge in [0.15, 0.2) is 11.6 Å². The molecule has 5 nitrogen and oxygen atoms in total. The Morgan fingerprint density at radius 3 is 3.15 bits per heavy atom. The zero-order valence-electron chi connectivity index (χ0n) is 11.0. The maximum absolute atomic E-state index is 13.6. The second kappa shape index (κ2) is 5.16. The minimum absolute atomic E-state index is 0.0142. The summed E-state index contributed by atoms with van der Waals surface area (Å²) in [4.78, 5) is 18.9. The predicted octanol–water partition coefficient (Wildman–Crippen LogP) is 2.13. The molecule has 7 heteroatoms. The van der Waals surface area contributed by atoms with Crippen molar-refractivity contribution in [1.82, 2.24) is 15.3 Å². The van der Waals surface area contributed by atoms with Crippen LogP contribution in [0, 0.1) is 11.2 Å². The molecule has 20 heavy (non-hydrogen) atoms. The molecule has 2 atom stereocenters. The number of nitrogens with zero attached hydrogens (tertiary/aromatic N) is 2. The minimum atomic E-state index is -0.505. The van der Waals surface area contributed by atoms with Crippen LogP contribution >= 0.6 is 11.6 Å². The monoisotopic (exact) mass is 298 g/mol. The maximum atomic E-state index is 13.6. The fourth-order valence-electron chi connectivity index (χ4n) is 3.29. The van der Waals surface area contributed by atoms with Crippen LogP contribution in [0.4, 0.5) is 10.2 Å². The SMILES string of the molecule is O=C1CC2(CCCC(Nc3nc(Cl)ncc3F)C2)CN1. The number of hydrogen-bond donors (Lipinski definition) is 2. The second-order valence-electron chi connectivity index (χ2n) is 5.73. The average molecular weight is 299 g/mol. The van der Waals surface area contributed by atoms with Crippen molar-refractivity contribution in [3.8, 4) is 0 Å². The number of hydrogen-bond acceptors (Lipinski definition) is 4. The number of amides is 1. The molecule has 2 fully saturated rings. The predicted molar refractivity (Wildman–Crippen MR) is 72.9 cm³/mol. The first kappa shape index (κ1) is 13.5.